The van der Waals surface area contributed by atoms with E-state index in [1.165, 1.54) is 38.5 Å². The average Bonchev–Trinajstić information content (AvgIpc) is 2.54. The normalized spacial score (nSPS) is 9.91. The first-order valence-electron chi connectivity index (χ1n) is 6.24. The highest BCUT2D eigenvalue weighted by Gasteiger charge is 2.16. The van der Waals surface area contributed by atoms with E-state index < -0.39 is 10.9 Å². The van der Waals surface area contributed by atoms with Gasteiger partial charge in [0.1, 0.15) is 5.75 Å². The first-order valence-corrected chi connectivity index (χ1v) is 6.24. The highest BCUT2D eigenvalue weighted by atomic mass is 16.6. The maximum atomic E-state index is 12.1. The molecule has 0 saturated heterocycles. The lowest BCUT2D eigenvalue weighted by Crippen LogP contribution is -2.09. The van der Waals surface area contributed by atoms with E-state index in [1.807, 2.05) is 0 Å². The number of nitrogens with zero attached hydrogens (tertiary/aromatic N) is 1. The monoisotopic (exact) mass is 303 g/mol. The summed E-state index contributed by atoms with van der Waals surface area (Å²) in [5.41, 5.74) is 0.0905. The van der Waals surface area contributed by atoms with Gasteiger partial charge in [0, 0.05) is 6.07 Å². The first kappa shape index (κ1) is 15.3. The summed E-state index contributed by atoms with van der Waals surface area (Å²) in [6, 6.07) is 10.1. The number of non-ortho nitro benzene ring substituents is 1. The Morgan fingerprint density at radius 3 is 2.23 bits per heavy atom. The molecule has 0 aliphatic carbocycles. The minimum atomic E-state index is -0.651. The van der Waals surface area contributed by atoms with Gasteiger partial charge in [-0.15, -0.1) is 0 Å². The van der Waals surface area contributed by atoms with Crippen molar-refractivity contribution in [3.63, 3.8) is 0 Å². The molecule has 0 saturated carbocycles. The summed E-state index contributed by atoms with van der Waals surface area (Å²) in [6.07, 6.45) is 0. The predicted molar refractivity (Wildman–Crippen MR) is 77.6 cm³/mol. The highest BCUT2D eigenvalue weighted by molar-refractivity contribution is 5.91. The zero-order chi connectivity index (χ0) is 16.1. The van der Waals surface area contributed by atoms with Crippen molar-refractivity contribution in [2.45, 2.75) is 0 Å². The maximum Gasteiger partial charge on any atom is 0.343 e. The number of carbonyl (C=O) groups is 1. The van der Waals surface area contributed by atoms with Gasteiger partial charge in [0.25, 0.3) is 5.69 Å². The molecule has 0 atom stereocenters. The lowest BCUT2D eigenvalue weighted by atomic mass is 10.2. The van der Waals surface area contributed by atoms with Crippen LogP contribution in [0.3, 0.4) is 0 Å². The molecule has 0 radical (unpaired) electrons. The van der Waals surface area contributed by atoms with Crippen LogP contribution in [-0.4, -0.2) is 25.1 Å². The number of ether oxygens (including phenoxy) is 3. The topological polar surface area (TPSA) is 87.9 Å². The van der Waals surface area contributed by atoms with Crippen molar-refractivity contribution in [3.8, 4) is 17.2 Å². The Bertz CT molecular complexity index is 696. The zero-order valence-corrected chi connectivity index (χ0v) is 11.9. The zero-order valence-electron chi connectivity index (χ0n) is 11.9. The second-order valence-corrected chi connectivity index (χ2v) is 4.21. The van der Waals surface area contributed by atoms with Gasteiger partial charge in [-0.3, -0.25) is 10.1 Å². The summed E-state index contributed by atoms with van der Waals surface area (Å²) in [7, 11) is 2.90. The molecule has 0 N–H and O–H groups in total. The molecule has 0 amide bonds. The number of benzene rings is 2. The second kappa shape index (κ2) is 6.57. The quantitative estimate of drug-likeness (QED) is 0.365. The Morgan fingerprint density at radius 1 is 1.00 bits per heavy atom. The van der Waals surface area contributed by atoms with Crippen molar-refractivity contribution in [1.29, 1.82) is 0 Å². The van der Waals surface area contributed by atoms with Gasteiger partial charge in [-0.25, -0.2) is 4.79 Å². The van der Waals surface area contributed by atoms with Crippen molar-refractivity contribution in [3.05, 3.63) is 58.1 Å². The van der Waals surface area contributed by atoms with Gasteiger partial charge in [-0.05, 0) is 30.3 Å². The van der Waals surface area contributed by atoms with Crippen LogP contribution in [0.25, 0.3) is 0 Å². The van der Waals surface area contributed by atoms with Crippen LogP contribution in [0.4, 0.5) is 5.69 Å². The van der Waals surface area contributed by atoms with E-state index in [4.69, 9.17) is 14.2 Å². The molecule has 0 spiro atoms. The molecule has 0 bridgehead atoms. The van der Waals surface area contributed by atoms with Gasteiger partial charge in [0.05, 0.1) is 30.8 Å². The van der Waals surface area contributed by atoms with E-state index in [1.54, 1.807) is 12.1 Å². The third-order valence-corrected chi connectivity index (χ3v) is 2.89. The molecule has 0 heterocycles. The Labute approximate surface area is 126 Å². The van der Waals surface area contributed by atoms with E-state index in [0.717, 1.165) is 6.07 Å². The molecule has 0 unspecified atom stereocenters. The van der Waals surface area contributed by atoms with Crippen LogP contribution in [0.1, 0.15) is 10.4 Å². The number of nitro benzene ring substituents is 1. The number of esters is 1. The Morgan fingerprint density at radius 2 is 1.68 bits per heavy atom. The number of nitro groups is 1. The number of methoxy groups -OCH3 is 2. The molecule has 0 aromatic heterocycles. The van der Waals surface area contributed by atoms with Gasteiger partial charge >= 0.3 is 5.97 Å². The van der Waals surface area contributed by atoms with E-state index in [0.29, 0.717) is 5.75 Å². The molecule has 7 heteroatoms. The van der Waals surface area contributed by atoms with Gasteiger partial charge in [-0.1, -0.05) is 0 Å². The summed E-state index contributed by atoms with van der Waals surface area (Å²) in [4.78, 5) is 22.3. The van der Waals surface area contributed by atoms with Crippen LogP contribution in [0, 0.1) is 10.1 Å². The minimum Gasteiger partial charge on any atom is -0.497 e. The lowest BCUT2D eigenvalue weighted by molar-refractivity contribution is -0.384. The molecule has 0 aliphatic heterocycles. The Kier molecular flexibility index (Phi) is 4.57. The van der Waals surface area contributed by atoms with Gasteiger partial charge in [0.15, 0.2) is 11.5 Å². The summed E-state index contributed by atoms with van der Waals surface area (Å²) < 4.78 is 15.2. The molecule has 0 aliphatic rings. The number of rotatable bonds is 5. The summed E-state index contributed by atoms with van der Waals surface area (Å²) >= 11 is 0. The van der Waals surface area contributed by atoms with Crippen LogP contribution in [0.15, 0.2) is 42.5 Å². The SMILES string of the molecule is COc1ccc(C(=O)Oc2cc([N+](=O)[O-])ccc2OC)cc1. The molecule has 7 nitrogen and oxygen atoms in total. The van der Waals surface area contributed by atoms with Crippen LogP contribution >= 0.6 is 0 Å². The van der Waals surface area contributed by atoms with Crippen molar-refractivity contribution in [1.82, 2.24) is 0 Å². The fraction of sp³-hybridized carbons (Fsp3) is 0.133. The molecule has 2 aromatic carbocycles. The first-order chi connectivity index (χ1) is 10.5. The number of hydrogen-bond donors (Lipinski definition) is 0. The summed E-state index contributed by atoms with van der Waals surface area (Å²) in [6.45, 7) is 0. The standard InChI is InChI=1S/C15H13NO6/c1-20-12-6-3-10(4-7-12)15(17)22-14-9-11(16(18)19)5-8-13(14)21-2/h3-9H,1-2H3. The van der Waals surface area contributed by atoms with Gasteiger partial charge < -0.3 is 14.2 Å². The minimum absolute atomic E-state index is 0.0162. The number of hydrogen-bond acceptors (Lipinski definition) is 6. The maximum absolute atomic E-state index is 12.1. The second-order valence-electron chi connectivity index (χ2n) is 4.21. The molecule has 2 aromatic rings. The fourth-order valence-electron chi connectivity index (χ4n) is 1.74. The van der Waals surface area contributed by atoms with Gasteiger partial charge in [-0.2, -0.15) is 0 Å². The predicted octanol–water partition coefficient (Wildman–Crippen LogP) is 2.83. The van der Waals surface area contributed by atoms with Crippen molar-refractivity contribution in [2.24, 2.45) is 0 Å². The molecule has 22 heavy (non-hydrogen) atoms. The van der Waals surface area contributed by atoms with Crippen molar-refractivity contribution < 1.29 is 23.9 Å². The van der Waals surface area contributed by atoms with E-state index in [2.05, 4.69) is 0 Å². The largest absolute Gasteiger partial charge is 0.497 e. The highest BCUT2D eigenvalue weighted by Crippen LogP contribution is 2.31. The molecule has 0 fully saturated rings. The summed E-state index contributed by atoms with van der Waals surface area (Å²) in [5.74, 6) is 0.163. The van der Waals surface area contributed by atoms with E-state index in [9.17, 15) is 14.9 Å². The third kappa shape index (κ3) is 3.32. The van der Waals surface area contributed by atoms with E-state index in [-0.39, 0.29) is 22.7 Å². The van der Waals surface area contributed by atoms with Crippen LogP contribution < -0.4 is 14.2 Å². The third-order valence-electron chi connectivity index (χ3n) is 2.89. The molecule has 114 valence electrons. The molecule has 2 rings (SSSR count). The lowest BCUT2D eigenvalue weighted by Gasteiger charge is -2.09. The smallest absolute Gasteiger partial charge is 0.343 e. The van der Waals surface area contributed by atoms with Crippen molar-refractivity contribution in [2.75, 3.05) is 14.2 Å². The Hall–Kier alpha value is -3.09. The van der Waals surface area contributed by atoms with Crippen LogP contribution in [-0.2, 0) is 0 Å². The summed E-state index contributed by atoms with van der Waals surface area (Å²) in [5, 5.41) is 10.8. The van der Waals surface area contributed by atoms with E-state index >= 15 is 0 Å². The van der Waals surface area contributed by atoms with Crippen LogP contribution in [0.5, 0.6) is 17.2 Å². The number of carbonyl (C=O) groups excluding carboxylic acids is 1. The van der Waals surface area contributed by atoms with Crippen molar-refractivity contribution >= 4 is 11.7 Å². The van der Waals surface area contributed by atoms with Gasteiger partial charge in [0.2, 0.25) is 0 Å². The fourth-order valence-corrected chi connectivity index (χ4v) is 1.74. The average molecular weight is 303 g/mol. The molecular weight excluding hydrogens is 290 g/mol. The Balaban J connectivity index is 2.26. The van der Waals surface area contributed by atoms with Crippen LogP contribution in [0.2, 0.25) is 0 Å². The molecular formula is C15H13NO6.